The summed E-state index contributed by atoms with van der Waals surface area (Å²) in [5.41, 5.74) is 1.64. The molecule has 0 aliphatic carbocycles. The first-order valence-corrected chi connectivity index (χ1v) is 8.74. The Kier molecular flexibility index (Phi) is 5.35. The Morgan fingerprint density at radius 2 is 2.15 bits per heavy atom. The van der Waals surface area contributed by atoms with E-state index in [-0.39, 0.29) is 24.3 Å². The number of carbonyl (C=O) groups is 2. The molecule has 0 bridgehead atoms. The van der Waals surface area contributed by atoms with Crippen molar-refractivity contribution in [2.75, 3.05) is 13.1 Å². The first kappa shape index (κ1) is 18.1. The van der Waals surface area contributed by atoms with Crippen LogP contribution in [0.5, 0.6) is 0 Å². The standard InChI is InChI=1S/C19H22FN3O3/c1-3-4-17(24)23-9-13(10-23)18-16(22-11-26-18)8-21-19(25)15-7-14(20)6-5-12(15)2/h5-7,11,13H,3-4,8-10H2,1-2H3,(H,21,25). The van der Waals surface area contributed by atoms with Gasteiger partial charge in [0, 0.05) is 25.1 Å². The number of carbonyl (C=O) groups excluding carboxylic acids is 2. The lowest BCUT2D eigenvalue weighted by Crippen LogP contribution is -2.48. The second-order valence-corrected chi connectivity index (χ2v) is 6.55. The highest BCUT2D eigenvalue weighted by atomic mass is 19.1. The summed E-state index contributed by atoms with van der Waals surface area (Å²) in [7, 11) is 0. The first-order chi connectivity index (χ1) is 12.5. The average Bonchev–Trinajstić information content (AvgIpc) is 3.02. The highest BCUT2D eigenvalue weighted by molar-refractivity contribution is 5.95. The van der Waals surface area contributed by atoms with Gasteiger partial charge >= 0.3 is 0 Å². The van der Waals surface area contributed by atoms with Crippen LogP contribution >= 0.6 is 0 Å². The zero-order valence-electron chi connectivity index (χ0n) is 14.9. The number of amides is 2. The van der Waals surface area contributed by atoms with Crippen LogP contribution in [0, 0.1) is 12.7 Å². The molecule has 0 saturated carbocycles. The van der Waals surface area contributed by atoms with E-state index in [1.54, 1.807) is 17.9 Å². The zero-order chi connectivity index (χ0) is 18.7. The second kappa shape index (κ2) is 7.68. The monoisotopic (exact) mass is 359 g/mol. The number of benzene rings is 1. The van der Waals surface area contributed by atoms with Crippen LogP contribution in [0.25, 0.3) is 0 Å². The summed E-state index contributed by atoms with van der Waals surface area (Å²) >= 11 is 0. The third kappa shape index (κ3) is 3.76. The van der Waals surface area contributed by atoms with Gasteiger partial charge in [-0.3, -0.25) is 9.59 Å². The van der Waals surface area contributed by atoms with E-state index in [1.165, 1.54) is 18.5 Å². The quantitative estimate of drug-likeness (QED) is 0.861. The molecule has 2 heterocycles. The van der Waals surface area contributed by atoms with Gasteiger partial charge in [0.05, 0.1) is 12.5 Å². The number of likely N-dealkylation sites (tertiary alicyclic amines) is 1. The van der Waals surface area contributed by atoms with E-state index in [0.717, 1.165) is 6.42 Å². The lowest BCUT2D eigenvalue weighted by molar-refractivity contribution is -0.135. The minimum atomic E-state index is -0.450. The van der Waals surface area contributed by atoms with Crippen molar-refractivity contribution in [2.24, 2.45) is 0 Å². The van der Waals surface area contributed by atoms with Crippen LogP contribution in [0.2, 0.25) is 0 Å². The van der Waals surface area contributed by atoms with Crippen molar-refractivity contribution in [3.05, 3.63) is 53.0 Å². The smallest absolute Gasteiger partial charge is 0.251 e. The molecule has 2 amide bonds. The van der Waals surface area contributed by atoms with Crippen molar-refractivity contribution in [1.29, 1.82) is 0 Å². The average molecular weight is 359 g/mol. The Morgan fingerprint density at radius 1 is 1.38 bits per heavy atom. The van der Waals surface area contributed by atoms with Gasteiger partial charge in [-0.05, 0) is 31.0 Å². The van der Waals surface area contributed by atoms with Crippen LogP contribution in [-0.4, -0.2) is 34.8 Å². The van der Waals surface area contributed by atoms with E-state index in [9.17, 15) is 14.0 Å². The van der Waals surface area contributed by atoms with Crippen LogP contribution < -0.4 is 5.32 Å². The summed E-state index contributed by atoms with van der Waals surface area (Å²) in [6.07, 6.45) is 2.74. The molecule has 0 radical (unpaired) electrons. The molecule has 7 heteroatoms. The number of aromatic nitrogens is 1. The number of oxazole rings is 1. The number of hydrogen-bond acceptors (Lipinski definition) is 4. The number of rotatable bonds is 6. The van der Waals surface area contributed by atoms with Crippen molar-refractivity contribution in [2.45, 2.75) is 39.2 Å². The van der Waals surface area contributed by atoms with Crippen molar-refractivity contribution < 1.29 is 18.4 Å². The molecule has 0 unspecified atom stereocenters. The van der Waals surface area contributed by atoms with Crippen molar-refractivity contribution >= 4 is 11.8 Å². The lowest BCUT2D eigenvalue weighted by Gasteiger charge is -2.38. The summed E-state index contributed by atoms with van der Waals surface area (Å²) in [5.74, 6) is 0.140. The van der Waals surface area contributed by atoms with Crippen LogP contribution in [0.4, 0.5) is 4.39 Å². The highest BCUT2D eigenvalue weighted by Crippen LogP contribution is 2.29. The van der Waals surface area contributed by atoms with E-state index in [0.29, 0.717) is 42.1 Å². The van der Waals surface area contributed by atoms with E-state index in [2.05, 4.69) is 10.3 Å². The van der Waals surface area contributed by atoms with Crippen molar-refractivity contribution in [3.63, 3.8) is 0 Å². The predicted octanol–water partition coefficient (Wildman–Crippen LogP) is 2.78. The summed E-state index contributed by atoms with van der Waals surface area (Å²) in [5, 5.41) is 2.76. The van der Waals surface area contributed by atoms with Gasteiger partial charge in [0.2, 0.25) is 5.91 Å². The molecule has 6 nitrogen and oxygen atoms in total. The molecule has 1 aliphatic rings. The highest BCUT2D eigenvalue weighted by Gasteiger charge is 2.35. The number of aryl methyl sites for hydroxylation is 1. The topological polar surface area (TPSA) is 75.4 Å². The molecule has 1 aliphatic heterocycles. The molecule has 0 spiro atoms. The third-order valence-electron chi connectivity index (χ3n) is 4.60. The minimum absolute atomic E-state index is 0.0983. The molecular formula is C19H22FN3O3. The Bertz CT molecular complexity index is 812. The molecular weight excluding hydrogens is 337 g/mol. The number of hydrogen-bond donors (Lipinski definition) is 1. The lowest BCUT2D eigenvalue weighted by atomic mass is 9.95. The Labute approximate surface area is 151 Å². The van der Waals surface area contributed by atoms with Gasteiger partial charge < -0.3 is 14.6 Å². The second-order valence-electron chi connectivity index (χ2n) is 6.55. The van der Waals surface area contributed by atoms with Crippen molar-refractivity contribution in [1.82, 2.24) is 15.2 Å². The first-order valence-electron chi connectivity index (χ1n) is 8.74. The van der Waals surface area contributed by atoms with Crippen LogP contribution in [0.15, 0.2) is 29.0 Å². The van der Waals surface area contributed by atoms with Gasteiger partial charge in [-0.2, -0.15) is 0 Å². The molecule has 1 saturated heterocycles. The van der Waals surface area contributed by atoms with E-state index < -0.39 is 5.82 Å². The van der Waals surface area contributed by atoms with Crippen LogP contribution in [0.1, 0.15) is 53.1 Å². The van der Waals surface area contributed by atoms with Crippen molar-refractivity contribution in [3.8, 4) is 0 Å². The van der Waals surface area contributed by atoms with Gasteiger partial charge in [-0.15, -0.1) is 0 Å². The fourth-order valence-electron chi connectivity index (χ4n) is 3.06. The fraction of sp³-hybridized carbons (Fsp3) is 0.421. The molecule has 2 aromatic rings. The summed E-state index contributed by atoms with van der Waals surface area (Å²) < 4.78 is 18.8. The largest absolute Gasteiger partial charge is 0.448 e. The van der Waals surface area contributed by atoms with Gasteiger partial charge in [0.1, 0.15) is 17.3 Å². The number of halogens is 1. The molecule has 1 aromatic heterocycles. The molecule has 26 heavy (non-hydrogen) atoms. The zero-order valence-corrected chi connectivity index (χ0v) is 14.9. The SMILES string of the molecule is CCCC(=O)N1CC(c2ocnc2CNC(=O)c2cc(F)ccc2C)C1. The summed E-state index contributed by atoms with van der Waals surface area (Å²) in [6, 6.07) is 4.11. The Balaban J connectivity index is 1.59. The normalized spacial score (nSPS) is 14.2. The van der Waals surface area contributed by atoms with Gasteiger partial charge in [0.15, 0.2) is 6.39 Å². The maximum atomic E-state index is 13.4. The molecule has 1 fully saturated rings. The summed E-state index contributed by atoms with van der Waals surface area (Å²) in [6.45, 7) is 5.15. The Hall–Kier alpha value is -2.70. The van der Waals surface area contributed by atoms with E-state index in [1.807, 2.05) is 6.92 Å². The van der Waals surface area contributed by atoms with Crippen LogP contribution in [-0.2, 0) is 11.3 Å². The maximum Gasteiger partial charge on any atom is 0.251 e. The molecule has 1 N–H and O–H groups in total. The van der Waals surface area contributed by atoms with Gasteiger partial charge in [0.25, 0.3) is 5.91 Å². The fourth-order valence-corrected chi connectivity index (χ4v) is 3.06. The molecule has 3 rings (SSSR count). The molecule has 138 valence electrons. The van der Waals surface area contributed by atoms with Crippen LogP contribution in [0.3, 0.4) is 0 Å². The Morgan fingerprint density at radius 3 is 2.88 bits per heavy atom. The summed E-state index contributed by atoms with van der Waals surface area (Å²) in [4.78, 5) is 30.1. The number of nitrogens with zero attached hydrogens (tertiary/aromatic N) is 2. The van der Waals surface area contributed by atoms with E-state index >= 15 is 0 Å². The van der Waals surface area contributed by atoms with Gasteiger partial charge in [-0.1, -0.05) is 13.0 Å². The van der Waals surface area contributed by atoms with Gasteiger partial charge in [-0.25, -0.2) is 9.37 Å². The maximum absolute atomic E-state index is 13.4. The number of nitrogens with one attached hydrogen (secondary N) is 1. The third-order valence-corrected chi connectivity index (χ3v) is 4.60. The molecule has 1 aromatic carbocycles. The minimum Gasteiger partial charge on any atom is -0.448 e. The van der Waals surface area contributed by atoms with E-state index in [4.69, 9.17) is 4.42 Å². The predicted molar refractivity (Wildman–Crippen MR) is 93.0 cm³/mol. The molecule has 0 atom stereocenters.